The summed E-state index contributed by atoms with van der Waals surface area (Å²) in [6.45, 7) is -4.17. The smallest absolute Gasteiger partial charge is 0.366 e. The van der Waals surface area contributed by atoms with Crippen LogP contribution in [0.15, 0.2) is 0 Å². The zero-order chi connectivity index (χ0) is 33.4. The second-order valence-corrected chi connectivity index (χ2v) is 8.38. The van der Waals surface area contributed by atoms with Gasteiger partial charge in [0.2, 0.25) is 11.6 Å². The average Bonchev–Trinajstić information content (AvgIpc) is 2.99. The lowest BCUT2D eigenvalue weighted by molar-refractivity contribution is 0.379. The lowest BCUT2D eigenvalue weighted by Gasteiger charge is -2.21. The normalized spacial score (nSPS) is 11.5. The number of hydrogen-bond acceptors (Lipinski definition) is 1. The molecule has 0 amide bonds. The van der Waals surface area contributed by atoms with E-state index < -0.39 is 145 Å². The Kier molecular flexibility index (Phi) is 8.12. The Morgan fingerprint density at radius 2 is 0.386 bits per heavy atom. The largest absolute Gasteiger partial charge is 0.443 e. The molecule has 0 aliphatic rings. The van der Waals surface area contributed by atoms with Gasteiger partial charge in [0.05, 0.1) is 11.1 Å². The Morgan fingerprint density at radius 1 is 0.227 bits per heavy atom. The van der Waals surface area contributed by atoms with Crippen molar-refractivity contribution in [3.8, 4) is 22.3 Å². The molecule has 232 valence electrons. The molecule has 0 spiro atoms. The third kappa shape index (κ3) is 4.36. The van der Waals surface area contributed by atoms with Gasteiger partial charge in [-0.1, -0.05) is 0 Å². The van der Waals surface area contributed by atoms with Crippen LogP contribution in [0.2, 0.25) is 0 Å². The van der Waals surface area contributed by atoms with Crippen LogP contribution in [0.5, 0.6) is 0 Å². The first-order valence-electron chi connectivity index (χ1n) is 10.7. The highest BCUT2D eigenvalue weighted by molar-refractivity contribution is 6.81. The first-order chi connectivity index (χ1) is 20.3. The molecule has 0 fully saturated rings. The molecule has 0 bridgehead atoms. The molecule has 0 saturated heterocycles. The van der Waals surface area contributed by atoms with Crippen LogP contribution in [0.25, 0.3) is 22.3 Å². The molecule has 44 heavy (non-hydrogen) atoms. The van der Waals surface area contributed by atoms with Crippen LogP contribution in [-0.4, -0.2) is 11.9 Å². The van der Waals surface area contributed by atoms with Gasteiger partial charge in [0.25, 0.3) is 0 Å². The van der Waals surface area contributed by atoms with Gasteiger partial charge in [0.1, 0.15) is 0 Å². The maximum atomic E-state index is 15.0. The number of halogens is 18. The standard InChI is InChI=1S/C24HBF18O/c26-7-1(3-9(28)17(36)23(42)18(37)10(3)29)5(13(32)21(40)15(7)34)25(44)6-2(8(27)16(35)22(41)14(6)33)4-11(30)19(38)24(43)20(39)12(4)31/h44H. The summed E-state index contributed by atoms with van der Waals surface area (Å²) < 4.78 is 257. The highest BCUT2D eigenvalue weighted by atomic mass is 19.2. The molecule has 0 aliphatic carbocycles. The quantitative estimate of drug-likeness (QED) is 0.113. The van der Waals surface area contributed by atoms with E-state index in [1.165, 1.54) is 0 Å². The van der Waals surface area contributed by atoms with Gasteiger partial charge < -0.3 is 5.02 Å². The molecule has 0 unspecified atom stereocenters. The van der Waals surface area contributed by atoms with Crippen molar-refractivity contribution >= 4 is 17.8 Å². The molecule has 4 aromatic carbocycles. The first kappa shape index (κ1) is 32.6. The van der Waals surface area contributed by atoms with Crippen molar-refractivity contribution in [2.75, 3.05) is 0 Å². The monoisotopic (exact) mass is 658 g/mol. The maximum Gasteiger partial charge on any atom is 0.366 e. The maximum absolute atomic E-state index is 15.0. The van der Waals surface area contributed by atoms with Crippen LogP contribution in [-0.2, 0) is 0 Å². The first-order valence-corrected chi connectivity index (χ1v) is 10.7. The zero-order valence-electron chi connectivity index (χ0n) is 19.8. The lowest BCUT2D eigenvalue weighted by Crippen LogP contribution is -2.50. The Bertz CT molecular complexity index is 1730. The molecular formula is C24HBF18O. The van der Waals surface area contributed by atoms with E-state index in [4.69, 9.17) is 0 Å². The summed E-state index contributed by atoms with van der Waals surface area (Å²) in [6.07, 6.45) is 0. The van der Waals surface area contributed by atoms with Gasteiger partial charge in [-0.25, -0.2) is 79.0 Å². The number of hydrogen-bond donors (Lipinski definition) is 1. The van der Waals surface area contributed by atoms with Crippen molar-refractivity contribution in [3.63, 3.8) is 0 Å². The summed E-state index contributed by atoms with van der Waals surface area (Å²) in [7, 11) is 0. The minimum Gasteiger partial charge on any atom is -0.443 e. The Morgan fingerprint density at radius 3 is 0.614 bits per heavy atom. The topological polar surface area (TPSA) is 20.2 Å². The third-order valence-corrected chi connectivity index (χ3v) is 6.07. The van der Waals surface area contributed by atoms with Crippen LogP contribution in [0.4, 0.5) is 79.0 Å². The van der Waals surface area contributed by atoms with Crippen LogP contribution in [0.3, 0.4) is 0 Å². The second-order valence-electron chi connectivity index (χ2n) is 8.38. The van der Waals surface area contributed by atoms with Crippen molar-refractivity contribution in [1.29, 1.82) is 0 Å². The van der Waals surface area contributed by atoms with Crippen molar-refractivity contribution in [3.05, 3.63) is 105 Å². The van der Waals surface area contributed by atoms with Crippen LogP contribution < -0.4 is 10.9 Å². The molecule has 0 aromatic heterocycles. The van der Waals surface area contributed by atoms with E-state index in [1.807, 2.05) is 0 Å². The summed E-state index contributed by atoms with van der Waals surface area (Å²) in [4.78, 5) is 0. The Labute approximate surface area is 229 Å². The van der Waals surface area contributed by atoms with Gasteiger partial charge in [0, 0.05) is 22.1 Å². The van der Waals surface area contributed by atoms with Gasteiger partial charge in [-0.2, -0.15) is 0 Å². The molecule has 4 aromatic rings. The molecule has 0 saturated carbocycles. The fourth-order valence-corrected chi connectivity index (χ4v) is 4.09. The van der Waals surface area contributed by atoms with E-state index in [9.17, 15) is 75.3 Å². The van der Waals surface area contributed by atoms with Gasteiger partial charge in [-0.05, 0) is 0 Å². The van der Waals surface area contributed by atoms with E-state index >= 15 is 8.78 Å². The van der Waals surface area contributed by atoms with Crippen molar-refractivity contribution in [2.45, 2.75) is 0 Å². The average molecular weight is 658 g/mol. The molecular weight excluding hydrogens is 657 g/mol. The SMILES string of the molecule is OB(c1c(F)c(F)c(F)c(F)c1-c1c(F)c(F)c(F)c(F)c1F)c1c(F)c(F)c(F)c(F)c1-c1c(F)c(F)c(F)c(F)c1F. The Balaban J connectivity index is 2.29. The number of benzene rings is 4. The van der Waals surface area contributed by atoms with Crippen molar-refractivity contribution in [1.82, 2.24) is 0 Å². The minimum absolute atomic E-state index is 2.74. The minimum atomic E-state index is -4.17. The molecule has 0 atom stereocenters. The molecule has 1 nitrogen and oxygen atoms in total. The van der Waals surface area contributed by atoms with Crippen molar-refractivity contribution < 1.29 is 84.1 Å². The third-order valence-electron chi connectivity index (χ3n) is 6.07. The molecule has 1 N–H and O–H groups in total. The van der Waals surface area contributed by atoms with Crippen molar-refractivity contribution in [2.24, 2.45) is 0 Å². The molecule has 0 heterocycles. The summed E-state index contributed by atoms with van der Waals surface area (Å²) >= 11 is 0. The fraction of sp³-hybridized carbons (Fsp3) is 0. The van der Waals surface area contributed by atoms with Crippen LogP contribution >= 0.6 is 0 Å². The second kappa shape index (κ2) is 11.0. The summed E-state index contributed by atoms with van der Waals surface area (Å²) in [5.74, 6) is -55.9. The van der Waals surface area contributed by atoms with Gasteiger partial charge >= 0.3 is 6.92 Å². The van der Waals surface area contributed by atoms with E-state index in [-0.39, 0.29) is 0 Å². The highest BCUT2D eigenvalue weighted by Gasteiger charge is 2.43. The van der Waals surface area contributed by atoms with E-state index in [0.717, 1.165) is 0 Å². The zero-order valence-corrected chi connectivity index (χ0v) is 19.8. The van der Waals surface area contributed by atoms with Gasteiger partial charge in [0.15, 0.2) is 93.1 Å². The van der Waals surface area contributed by atoms with E-state index in [2.05, 4.69) is 0 Å². The highest BCUT2D eigenvalue weighted by Crippen LogP contribution is 2.37. The Hall–Kier alpha value is -4.36. The van der Waals surface area contributed by atoms with Crippen LogP contribution in [0.1, 0.15) is 0 Å². The van der Waals surface area contributed by atoms with Gasteiger partial charge in [-0.3, -0.25) is 0 Å². The molecule has 4 rings (SSSR count). The lowest BCUT2D eigenvalue weighted by atomic mass is 9.52. The van der Waals surface area contributed by atoms with E-state index in [1.54, 1.807) is 0 Å². The van der Waals surface area contributed by atoms with E-state index in [0.29, 0.717) is 0 Å². The summed E-state index contributed by atoms with van der Waals surface area (Å²) in [6, 6.07) is 0. The predicted octanol–water partition coefficient (Wildman–Crippen LogP) is 6.62. The van der Waals surface area contributed by atoms with Crippen LogP contribution in [0, 0.1) is 105 Å². The van der Waals surface area contributed by atoms with Gasteiger partial charge in [-0.15, -0.1) is 0 Å². The summed E-state index contributed by atoms with van der Waals surface area (Å²) in [5.41, 5.74) is -16.5. The summed E-state index contributed by atoms with van der Waals surface area (Å²) in [5, 5.41) is 10.7. The molecule has 0 aliphatic heterocycles. The predicted molar refractivity (Wildman–Crippen MR) is 110 cm³/mol. The number of rotatable bonds is 4. The molecule has 0 radical (unpaired) electrons. The molecule has 20 heteroatoms. The fourth-order valence-electron chi connectivity index (χ4n) is 4.09.